The van der Waals surface area contributed by atoms with Crippen LogP contribution < -0.4 is 21.3 Å². The Morgan fingerprint density at radius 2 is 1.52 bits per heavy atom. The minimum atomic E-state index is -1.03. The van der Waals surface area contributed by atoms with E-state index in [9.17, 15) is 23.2 Å². The van der Waals surface area contributed by atoms with E-state index in [4.69, 9.17) is 0 Å². The summed E-state index contributed by atoms with van der Waals surface area (Å²) in [4.78, 5) is 36.7. The normalized spacial score (nSPS) is 11.4. The van der Waals surface area contributed by atoms with Gasteiger partial charge in [0.05, 0.1) is 0 Å². The molecule has 0 bridgehead atoms. The van der Waals surface area contributed by atoms with Crippen molar-refractivity contribution in [1.29, 1.82) is 0 Å². The Balaban J connectivity index is 2.04. The average molecular weight is 430 g/mol. The molecule has 164 valence electrons. The summed E-state index contributed by atoms with van der Waals surface area (Å²) < 4.78 is 27.7. The van der Waals surface area contributed by atoms with Gasteiger partial charge in [-0.15, -0.1) is 6.58 Å². The summed E-state index contributed by atoms with van der Waals surface area (Å²) in [5.41, 5.74) is 0.174. The first-order valence-corrected chi connectivity index (χ1v) is 9.54. The van der Waals surface area contributed by atoms with Gasteiger partial charge in [-0.3, -0.25) is 9.59 Å². The van der Waals surface area contributed by atoms with E-state index in [1.807, 2.05) is 0 Å². The summed E-state index contributed by atoms with van der Waals surface area (Å²) >= 11 is 0. The van der Waals surface area contributed by atoms with Gasteiger partial charge in [0.15, 0.2) is 0 Å². The molecule has 0 saturated carbocycles. The van der Waals surface area contributed by atoms with Crippen molar-refractivity contribution in [3.05, 3.63) is 72.3 Å². The summed E-state index contributed by atoms with van der Waals surface area (Å²) in [6.45, 7) is 7.20. The van der Waals surface area contributed by atoms with Crippen LogP contribution in [-0.2, 0) is 4.79 Å². The van der Waals surface area contributed by atoms with Gasteiger partial charge in [0.25, 0.3) is 5.91 Å². The van der Waals surface area contributed by atoms with E-state index in [2.05, 4.69) is 27.8 Å². The number of nitrogens with one attached hydrogen (secondary N) is 4. The molecule has 31 heavy (non-hydrogen) atoms. The fraction of sp³-hybridized carbons (Fsp3) is 0.227. The Morgan fingerprint density at radius 3 is 2.03 bits per heavy atom. The first-order chi connectivity index (χ1) is 14.7. The van der Waals surface area contributed by atoms with Gasteiger partial charge in [-0.2, -0.15) is 0 Å². The lowest BCUT2D eigenvalue weighted by Gasteiger charge is -2.22. The number of urea groups is 1. The molecule has 1 unspecified atom stereocenters. The zero-order valence-electron chi connectivity index (χ0n) is 17.2. The highest BCUT2D eigenvalue weighted by Crippen LogP contribution is 2.16. The summed E-state index contributed by atoms with van der Waals surface area (Å²) in [7, 11) is 0. The molecule has 4 N–H and O–H groups in total. The molecule has 0 radical (unpaired) electrons. The van der Waals surface area contributed by atoms with E-state index in [0.717, 1.165) is 18.2 Å². The number of carbonyl (C=O) groups excluding carboxylic acids is 3. The maximum atomic E-state index is 13.9. The van der Waals surface area contributed by atoms with E-state index in [0.29, 0.717) is 17.9 Å². The minimum absolute atomic E-state index is 0.319. The molecule has 0 heterocycles. The average Bonchev–Trinajstić information content (AvgIpc) is 2.71. The van der Waals surface area contributed by atoms with Crippen molar-refractivity contribution in [2.45, 2.75) is 19.9 Å². The highest BCUT2D eigenvalue weighted by atomic mass is 19.1. The lowest BCUT2D eigenvalue weighted by molar-refractivity contribution is -0.118. The third kappa shape index (κ3) is 6.63. The van der Waals surface area contributed by atoms with Gasteiger partial charge in [0, 0.05) is 17.9 Å². The SMILES string of the molecule is C=CCNC(=O)Nc1ccc(NC(=O)C(NC(=O)c2c(F)cccc2F)C(C)C)cc1. The van der Waals surface area contributed by atoms with Crippen LogP contribution in [0, 0.1) is 17.6 Å². The molecule has 4 amide bonds. The third-order valence-corrected chi connectivity index (χ3v) is 4.24. The molecule has 0 aromatic heterocycles. The van der Waals surface area contributed by atoms with Crippen molar-refractivity contribution in [1.82, 2.24) is 10.6 Å². The Hall–Kier alpha value is -3.75. The molecule has 2 aromatic carbocycles. The predicted octanol–water partition coefficient (Wildman–Crippen LogP) is 3.67. The quantitative estimate of drug-likeness (QED) is 0.481. The van der Waals surface area contributed by atoms with Gasteiger partial charge >= 0.3 is 6.03 Å². The number of halogens is 2. The van der Waals surface area contributed by atoms with E-state index in [-0.39, 0.29) is 5.92 Å². The monoisotopic (exact) mass is 430 g/mol. The van der Waals surface area contributed by atoms with E-state index in [1.165, 1.54) is 0 Å². The molecule has 0 saturated heterocycles. The first kappa shape index (κ1) is 23.5. The molecule has 2 aromatic rings. The maximum absolute atomic E-state index is 13.9. The number of hydrogen-bond donors (Lipinski definition) is 4. The zero-order chi connectivity index (χ0) is 23.0. The summed E-state index contributed by atoms with van der Waals surface area (Å²) in [6.07, 6.45) is 1.54. The number of benzene rings is 2. The minimum Gasteiger partial charge on any atom is -0.340 e. The van der Waals surface area contributed by atoms with Crippen molar-refractivity contribution >= 4 is 29.2 Å². The lowest BCUT2D eigenvalue weighted by atomic mass is 10.0. The van der Waals surface area contributed by atoms with Gasteiger partial charge in [-0.1, -0.05) is 26.0 Å². The number of hydrogen-bond acceptors (Lipinski definition) is 3. The van der Waals surface area contributed by atoms with E-state index >= 15 is 0 Å². The molecule has 0 spiro atoms. The van der Waals surface area contributed by atoms with Crippen LogP contribution in [0.15, 0.2) is 55.1 Å². The van der Waals surface area contributed by atoms with E-state index in [1.54, 1.807) is 44.2 Å². The van der Waals surface area contributed by atoms with Crippen molar-refractivity contribution in [3.8, 4) is 0 Å². The molecular weight excluding hydrogens is 406 g/mol. The lowest BCUT2D eigenvalue weighted by Crippen LogP contribution is -2.47. The topological polar surface area (TPSA) is 99.3 Å². The van der Waals surface area contributed by atoms with Crippen LogP contribution in [0.3, 0.4) is 0 Å². The zero-order valence-corrected chi connectivity index (χ0v) is 17.2. The summed E-state index contributed by atoms with van der Waals surface area (Å²) in [6, 6.07) is 7.95. The highest BCUT2D eigenvalue weighted by Gasteiger charge is 2.27. The number of amides is 4. The van der Waals surface area contributed by atoms with Gasteiger partial charge in [0.1, 0.15) is 23.2 Å². The Morgan fingerprint density at radius 1 is 0.968 bits per heavy atom. The van der Waals surface area contributed by atoms with Crippen LogP contribution in [-0.4, -0.2) is 30.4 Å². The summed E-state index contributed by atoms with van der Waals surface area (Å²) in [5.74, 6) is -3.95. The van der Waals surface area contributed by atoms with E-state index < -0.39 is 41.1 Å². The van der Waals surface area contributed by atoms with Crippen molar-refractivity contribution < 1.29 is 23.2 Å². The number of carbonyl (C=O) groups is 3. The Bertz CT molecular complexity index is 941. The second kappa shape index (κ2) is 10.9. The predicted molar refractivity (Wildman–Crippen MR) is 115 cm³/mol. The number of anilines is 2. The van der Waals surface area contributed by atoms with Crippen LogP contribution in [0.2, 0.25) is 0 Å². The van der Waals surface area contributed by atoms with Gasteiger partial charge in [-0.05, 0) is 42.3 Å². The first-order valence-electron chi connectivity index (χ1n) is 9.54. The van der Waals surface area contributed by atoms with Crippen LogP contribution in [0.25, 0.3) is 0 Å². The Labute approximate surface area is 178 Å². The number of rotatable bonds is 8. The van der Waals surface area contributed by atoms with Crippen LogP contribution >= 0.6 is 0 Å². The largest absolute Gasteiger partial charge is 0.340 e. The standard InChI is InChI=1S/C22H24F2N4O3/c1-4-12-25-22(31)27-15-10-8-14(9-11-15)26-21(30)19(13(2)3)28-20(29)18-16(23)6-5-7-17(18)24/h4-11,13,19H,1,12H2,2-3H3,(H,26,30)(H,28,29)(H2,25,27,31). The van der Waals surface area contributed by atoms with Gasteiger partial charge < -0.3 is 21.3 Å². The summed E-state index contributed by atoms with van der Waals surface area (Å²) in [5, 5.41) is 10.2. The highest BCUT2D eigenvalue weighted by molar-refractivity contribution is 6.01. The van der Waals surface area contributed by atoms with Gasteiger partial charge in [-0.25, -0.2) is 13.6 Å². The molecule has 2 rings (SSSR count). The third-order valence-electron chi connectivity index (χ3n) is 4.24. The Kier molecular flexibility index (Phi) is 8.25. The van der Waals surface area contributed by atoms with Crippen LogP contribution in [0.5, 0.6) is 0 Å². The van der Waals surface area contributed by atoms with Crippen molar-refractivity contribution in [2.24, 2.45) is 5.92 Å². The molecule has 7 nitrogen and oxygen atoms in total. The van der Waals surface area contributed by atoms with Crippen LogP contribution in [0.4, 0.5) is 25.0 Å². The molecule has 0 aliphatic heterocycles. The molecule has 0 fully saturated rings. The fourth-order valence-corrected chi connectivity index (χ4v) is 2.66. The smallest absolute Gasteiger partial charge is 0.319 e. The second-order valence-corrected chi connectivity index (χ2v) is 6.98. The fourth-order valence-electron chi connectivity index (χ4n) is 2.66. The van der Waals surface area contributed by atoms with Crippen molar-refractivity contribution in [2.75, 3.05) is 17.2 Å². The molecular formula is C22H24F2N4O3. The van der Waals surface area contributed by atoms with Crippen LogP contribution in [0.1, 0.15) is 24.2 Å². The van der Waals surface area contributed by atoms with Gasteiger partial charge in [0.2, 0.25) is 5.91 Å². The molecule has 0 aliphatic rings. The van der Waals surface area contributed by atoms with Crippen molar-refractivity contribution in [3.63, 3.8) is 0 Å². The second-order valence-electron chi connectivity index (χ2n) is 6.98. The molecule has 9 heteroatoms. The molecule has 0 aliphatic carbocycles. The maximum Gasteiger partial charge on any atom is 0.319 e. The molecule has 1 atom stereocenters.